The summed E-state index contributed by atoms with van der Waals surface area (Å²) in [6.45, 7) is 12.0. The molecule has 21 heavy (non-hydrogen) atoms. The molecule has 0 atom stereocenters. The summed E-state index contributed by atoms with van der Waals surface area (Å²) >= 11 is 0. The van der Waals surface area contributed by atoms with Crippen molar-refractivity contribution in [3.8, 4) is 6.07 Å². The van der Waals surface area contributed by atoms with Crippen molar-refractivity contribution >= 4 is 0 Å². The molecule has 1 aliphatic heterocycles. The van der Waals surface area contributed by atoms with Crippen molar-refractivity contribution in [2.45, 2.75) is 32.9 Å². The summed E-state index contributed by atoms with van der Waals surface area (Å²) in [7, 11) is 1.94. The molecule has 0 aromatic carbocycles. The van der Waals surface area contributed by atoms with Crippen LogP contribution in [-0.4, -0.2) is 47.9 Å². The lowest BCUT2D eigenvalue weighted by atomic mass is 10.0. The number of rotatable bonds is 5. The van der Waals surface area contributed by atoms with E-state index in [2.05, 4.69) is 37.1 Å². The number of nitrogens with zero attached hydrogens (tertiary/aromatic N) is 3. The zero-order chi connectivity index (χ0) is 15.5. The molecule has 0 radical (unpaired) electrons. The highest BCUT2D eigenvalue weighted by molar-refractivity contribution is 5.34. The van der Waals surface area contributed by atoms with Crippen molar-refractivity contribution in [2.24, 2.45) is 7.05 Å². The minimum absolute atomic E-state index is 0.116. The predicted molar refractivity (Wildman–Crippen MR) is 83.0 cm³/mol. The lowest BCUT2D eigenvalue weighted by Gasteiger charge is -2.41. The van der Waals surface area contributed by atoms with Gasteiger partial charge in [-0.3, -0.25) is 4.90 Å². The average molecular weight is 290 g/mol. The van der Waals surface area contributed by atoms with Gasteiger partial charge in [-0.2, -0.15) is 5.26 Å². The number of nitrogens with one attached hydrogen (secondary N) is 1. The fourth-order valence-electron chi connectivity index (χ4n) is 2.83. The highest BCUT2D eigenvalue weighted by atomic mass is 16.5. The van der Waals surface area contributed by atoms with E-state index in [0.29, 0.717) is 0 Å². The Morgan fingerprint density at radius 1 is 1.38 bits per heavy atom. The predicted octanol–water partition coefficient (Wildman–Crippen LogP) is 1.41. The third-order valence-corrected chi connectivity index (χ3v) is 4.49. The minimum atomic E-state index is 0.116. The standard InChI is InChI=1S/C16H26N4O/c1-13-14(9-15(10-17)19(13)4)11-18-12-16(2,3)20-5-7-21-8-6-20/h9,18H,5-8,11-12H2,1-4H3. The van der Waals surface area contributed by atoms with Crippen molar-refractivity contribution in [2.75, 3.05) is 32.8 Å². The Labute approximate surface area is 127 Å². The van der Waals surface area contributed by atoms with Crippen LogP contribution in [0.4, 0.5) is 0 Å². The fraction of sp³-hybridized carbons (Fsp3) is 0.688. The molecule has 1 aromatic rings. The normalized spacial score (nSPS) is 16.9. The summed E-state index contributed by atoms with van der Waals surface area (Å²) in [6, 6.07) is 4.20. The molecular formula is C16H26N4O. The first-order chi connectivity index (χ1) is 9.95. The summed E-state index contributed by atoms with van der Waals surface area (Å²) in [5.41, 5.74) is 3.19. The van der Waals surface area contributed by atoms with Crippen molar-refractivity contribution in [1.82, 2.24) is 14.8 Å². The number of aromatic nitrogens is 1. The SMILES string of the molecule is Cc1c(CNCC(C)(C)N2CCOCC2)cc(C#N)n1C. The van der Waals surface area contributed by atoms with Gasteiger partial charge in [0.15, 0.2) is 0 Å². The minimum Gasteiger partial charge on any atom is -0.379 e. The third kappa shape index (κ3) is 3.65. The van der Waals surface area contributed by atoms with E-state index in [1.165, 1.54) is 5.56 Å². The largest absolute Gasteiger partial charge is 0.379 e. The zero-order valence-electron chi connectivity index (χ0n) is 13.6. The molecule has 0 bridgehead atoms. The highest BCUT2D eigenvalue weighted by Crippen LogP contribution is 2.17. The monoisotopic (exact) mass is 290 g/mol. The van der Waals surface area contributed by atoms with Gasteiger partial charge in [-0.1, -0.05) is 0 Å². The number of morpholine rings is 1. The molecule has 116 valence electrons. The summed E-state index contributed by atoms with van der Waals surface area (Å²) in [4.78, 5) is 2.47. The Morgan fingerprint density at radius 3 is 2.62 bits per heavy atom. The zero-order valence-corrected chi connectivity index (χ0v) is 13.6. The maximum atomic E-state index is 9.07. The molecule has 0 amide bonds. The highest BCUT2D eigenvalue weighted by Gasteiger charge is 2.27. The van der Waals surface area contributed by atoms with Crippen molar-refractivity contribution < 1.29 is 4.74 Å². The van der Waals surface area contributed by atoms with E-state index >= 15 is 0 Å². The number of ether oxygens (including phenoxy) is 1. The van der Waals surface area contributed by atoms with Crippen LogP contribution in [0.3, 0.4) is 0 Å². The molecule has 1 fully saturated rings. The lowest BCUT2D eigenvalue weighted by molar-refractivity contribution is -0.00967. The number of nitriles is 1. The Hall–Kier alpha value is -1.35. The Balaban J connectivity index is 1.90. The first-order valence-corrected chi connectivity index (χ1v) is 7.54. The molecule has 0 aliphatic carbocycles. The average Bonchev–Trinajstić information content (AvgIpc) is 2.76. The van der Waals surface area contributed by atoms with Crippen LogP contribution in [0.1, 0.15) is 30.8 Å². The third-order valence-electron chi connectivity index (χ3n) is 4.49. The summed E-state index contributed by atoms with van der Waals surface area (Å²) in [5, 5.41) is 12.6. The topological polar surface area (TPSA) is 53.2 Å². The summed E-state index contributed by atoms with van der Waals surface area (Å²) in [6.07, 6.45) is 0. The van der Waals surface area contributed by atoms with Crippen LogP contribution < -0.4 is 5.32 Å². The van der Waals surface area contributed by atoms with Gasteiger partial charge in [-0.25, -0.2) is 0 Å². The van der Waals surface area contributed by atoms with Crippen molar-refractivity contribution in [3.63, 3.8) is 0 Å². The molecule has 2 rings (SSSR count). The molecule has 1 saturated heterocycles. The van der Waals surface area contributed by atoms with Crippen molar-refractivity contribution in [3.05, 3.63) is 23.0 Å². The van der Waals surface area contributed by atoms with Crippen LogP contribution in [-0.2, 0) is 18.3 Å². The van der Waals surface area contributed by atoms with Crippen molar-refractivity contribution in [1.29, 1.82) is 5.26 Å². The van der Waals surface area contributed by atoms with Gasteiger partial charge < -0.3 is 14.6 Å². The Bertz CT molecular complexity index is 521. The quantitative estimate of drug-likeness (QED) is 0.891. The molecule has 2 heterocycles. The van der Waals surface area contributed by atoms with E-state index in [4.69, 9.17) is 10.00 Å². The molecule has 0 unspecified atom stereocenters. The molecule has 0 saturated carbocycles. The van der Waals surface area contributed by atoms with Crippen LogP contribution in [0.25, 0.3) is 0 Å². The molecular weight excluding hydrogens is 264 g/mol. The van der Waals surface area contributed by atoms with Crippen LogP contribution in [0.5, 0.6) is 0 Å². The Morgan fingerprint density at radius 2 is 2.05 bits per heavy atom. The van der Waals surface area contributed by atoms with Crippen LogP contribution in [0.15, 0.2) is 6.07 Å². The van der Waals surface area contributed by atoms with Gasteiger partial charge in [-0.05, 0) is 32.4 Å². The summed E-state index contributed by atoms with van der Waals surface area (Å²) < 4.78 is 7.37. The van der Waals surface area contributed by atoms with E-state index in [1.807, 2.05) is 17.7 Å². The number of hydrogen-bond acceptors (Lipinski definition) is 4. The lowest BCUT2D eigenvalue weighted by Crippen LogP contribution is -2.54. The van der Waals surface area contributed by atoms with Gasteiger partial charge in [-0.15, -0.1) is 0 Å². The molecule has 1 aromatic heterocycles. The second kappa shape index (κ2) is 6.61. The molecule has 1 N–H and O–H groups in total. The second-order valence-corrected chi connectivity index (χ2v) is 6.33. The first-order valence-electron chi connectivity index (χ1n) is 7.54. The van der Waals surface area contributed by atoms with Crippen LogP contribution in [0.2, 0.25) is 0 Å². The summed E-state index contributed by atoms with van der Waals surface area (Å²) in [5.74, 6) is 0. The molecule has 5 nitrogen and oxygen atoms in total. The number of hydrogen-bond donors (Lipinski definition) is 1. The van der Waals surface area contributed by atoms with E-state index < -0.39 is 0 Å². The van der Waals surface area contributed by atoms with E-state index in [1.54, 1.807) is 0 Å². The van der Waals surface area contributed by atoms with E-state index in [9.17, 15) is 0 Å². The van der Waals surface area contributed by atoms with Gasteiger partial charge in [0.2, 0.25) is 0 Å². The molecule has 0 spiro atoms. The molecule has 5 heteroatoms. The maximum absolute atomic E-state index is 9.07. The van der Waals surface area contributed by atoms with Gasteiger partial charge in [0.05, 0.1) is 13.2 Å². The maximum Gasteiger partial charge on any atom is 0.120 e. The van der Waals surface area contributed by atoms with Gasteiger partial charge in [0.25, 0.3) is 0 Å². The molecule has 1 aliphatic rings. The van der Waals surface area contributed by atoms with Crippen LogP contribution >= 0.6 is 0 Å². The smallest absolute Gasteiger partial charge is 0.120 e. The van der Waals surface area contributed by atoms with Crippen LogP contribution in [0, 0.1) is 18.3 Å². The van der Waals surface area contributed by atoms with Gasteiger partial charge in [0.1, 0.15) is 11.8 Å². The van der Waals surface area contributed by atoms with Gasteiger partial charge >= 0.3 is 0 Å². The fourth-order valence-corrected chi connectivity index (χ4v) is 2.83. The second-order valence-electron chi connectivity index (χ2n) is 6.33. The van der Waals surface area contributed by atoms with E-state index in [-0.39, 0.29) is 5.54 Å². The first kappa shape index (κ1) is 16.0. The Kier molecular flexibility index (Phi) is 5.04. The van der Waals surface area contributed by atoms with Gasteiger partial charge in [0, 0.05) is 44.5 Å². The van der Waals surface area contributed by atoms with E-state index in [0.717, 1.165) is 50.8 Å².